The zero-order chi connectivity index (χ0) is 19.2. The average Bonchev–Trinajstić information content (AvgIpc) is 2.53. The van der Waals surface area contributed by atoms with Crippen LogP contribution in [0.4, 0.5) is 0 Å². The van der Waals surface area contributed by atoms with Crippen molar-refractivity contribution in [2.75, 3.05) is 13.2 Å². The molecule has 0 amide bonds. The highest BCUT2D eigenvalue weighted by Crippen LogP contribution is 2.46. The maximum Gasteiger partial charge on any atom is 0.307 e. The van der Waals surface area contributed by atoms with Gasteiger partial charge in [-0.1, -0.05) is 19.8 Å². The van der Waals surface area contributed by atoms with Crippen molar-refractivity contribution in [3.8, 4) is 5.75 Å². The van der Waals surface area contributed by atoms with Crippen LogP contribution in [0.1, 0.15) is 70.9 Å². The molecule has 0 fully saturated rings. The number of ether oxygens (including phenoxy) is 1. The fourth-order valence-corrected chi connectivity index (χ4v) is 4.56. The van der Waals surface area contributed by atoms with Gasteiger partial charge in [-0.2, -0.15) is 0 Å². The number of aryl methyl sites for hydroxylation is 1. The maximum atomic E-state index is 11.5. The molecule has 0 aliphatic carbocycles. The number of benzene rings is 1. The Bertz CT molecular complexity index is 667. The molecule has 26 heavy (non-hydrogen) atoms. The molecule has 4 nitrogen and oxygen atoms in total. The molecule has 144 valence electrons. The van der Waals surface area contributed by atoms with Gasteiger partial charge < -0.3 is 9.84 Å². The molecular formula is C21H31NO3S. The first-order valence-corrected chi connectivity index (χ1v) is 10.4. The van der Waals surface area contributed by atoms with Crippen LogP contribution in [0.5, 0.6) is 5.75 Å². The van der Waals surface area contributed by atoms with Crippen molar-refractivity contribution in [3.63, 3.8) is 0 Å². The van der Waals surface area contributed by atoms with Crippen molar-refractivity contribution >= 4 is 23.4 Å². The van der Waals surface area contributed by atoms with Crippen molar-refractivity contribution in [1.82, 2.24) is 0 Å². The summed E-state index contributed by atoms with van der Waals surface area (Å²) in [5.41, 5.74) is 2.92. The van der Waals surface area contributed by atoms with Gasteiger partial charge in [-0.15, -0.1) is 11.8 Å². The summed E-state index contributed by atoms with van der Waals surface area (Å²) in [4.78, 5) is 17.3. The fourth-order valence-electron chi connectivity index (χ4n) is 3.23. The van der Waals surface area contributed by atoms with Gasteiger partial charge in [-0.25, -0.2) is 0 Å². The summed E-state index contributed by atoms with van der Waals surface area (Å²) in [7, 11) is 0. The molecule has 0 unspecified atom stereocenters. The van der Waals surface area contributed by atoms with E-state index in [4.69, 9.17) is 4.74 Å². The number of phenols is 1. The number of hydrogen-bond acceptors (Lipinski definition) is 5. The molecule has 0 spiro atoms. The topological polar surface area (TPSA) is 58.9 Å². The summed E-state index contributed by atoms with van der Waals surface area (Å²) < 4.78 is 4.98. The lowest BCUT2D eigenvalue weighted by atomic mass is 9.95. The number of rotatable bonds is 8. The lowest BCUT2D eigenvalue weighted by molar-refractivity contribution is -0.142. The molecule has 1 aliphatic heterocycles. The molecule has 2 rings (SSSR count). The predicted octanol–water partition coefficient (Wildman–Crippen LogP) is 5.14. The first-order valence-electron chi connectivity index (χ1n) is 9.60. The Morgan fingerprint density at radius 2 is 2.08 bits per heavy atom. The highest BCUT2D eigenvalue weighted by molar-refractivity contribution is 8.00. The van der Waals surface area contributed by atoms with Crippen LogP contribution in [0, 0.1) is 0 Å². The van der Waals surface area contributed by atoms with Gasteiger partial charge in [0.15, 0.2) is 0 Å². The van der Waals surface area contributed by atoms with E-state index in [-0.39, 0.29) is 17.1 Å². The largest absolute Gasteiger partial charge is 0.507 e. The second-order valence-electron chi connectivity index (χ2n) is 7.37. The number of unbranched alkanes of at least 4 members (excludes halogenated alkanes) is 2. The van der Waals surface area contributed by atoms with Crippen LogP contribution in [-0.4, -0.2) is 34.7 Å². The highest BCUT2D eigenvalue weighted by Gasteiger charge is 2.32. The number of fused-ring (bicyclic) bond motifs is 1. The van der Waals surface area contributed by atoms with E-state index in [1.54, 1.807) is 18.7 Å². The number of hydrogen-bond donors (Lipinski definition) is 1. The second kappa shape index (κ2) is 9.45. The quantitative estimate of drug-likeness (QED) is 0.503. The molecule has 0 radical (unpaired) electrons. The summed E-state index contributed by atoms with van der Waals surface area (Å²) in [6.45, 7) is 9.18. The van der Waals surface area contributed by atoms with Crippen LogP contribution in [0.25, 0.3) is 0 Å². The third-order valence-electron chi connectivity index (χ3n) is 4.40. The van der Waals surface area contributed by atoms with Gasteiger partial charge in [-0.05, 0) is 51.3 Å². The lowest BCUT2D eigenvalue weighted by Crippen LogP contribution is -2.26. The van der Waals surface area contributed by atoms with Gasteiger partial charge in [0, 0.05) is 28.3 Å². The van der Waals surface area contributed by atoms with Crippen LogP contribution < -0.4 is 0 Å². The summed E-state index contributed by atoms with van der Waals surface area (Å²) in [5, 5.41) is 10.6. The molecule has 0 bridgehead atoms. The van der Waals surface area contributed by atoms with E-state index in [2.05, 4.69) is 31.8 Å². The monoisotopic (exact) mass is 377 g/mol. The third-order valence-corrected chi connectivity index (χ3v) is 5.64. The first kappa shape index (κ1) is 20.8. The zero-order valence-corrected chi connectivity index (χ0v) is 17.2. The van der Waals surface area contributed by atoms with Crippen molar-refractivity contribution in [1.29, 1.82) is 0 Å². The van der Waals surface area contributed by atoms with E-state index in [9.17, 15) is 9.90 Å². The van der Waals surface area contributed by atoms with Crippen molar-refractivity contribution in [2.45, 2.75) is 75.9 Å². The maximum absolute atomic E-state index is 11.5. The first-order chi connectivity index (χ1) is 12.4. The van der Waals surface area contributed by atoms with Gasteiger partial charge >= 0.3 is 5.97 Å². The van der Waals surface area contributed by atoms with E-state index < -0.39 is 0 Å². The number of thioether (sulfide) groups is 1. The lowest BCUT2D eigenvalue weighted by Gasteiger charge is -2.32. The van der Waals surface area contributed by atoms with Crippen LogP contribution in [0.2, 0.25) is 0 Å². The number of carbonyl (C=O) groups excluding carboxylic acids is 1. The van der Waals surface area contributed by atoms with Gasteiger partial charge in [0.2, 0.25) is 0 Å². The zero-order valence-electron chi connectivity index (χ0n) is 16.4. The number of carbonyl (C=O) groups is 1. The van der Waals surface area contributed by atoms with Gasteiger partial charge in [0.05, 0.1) is 18.6 Å². The smallest absolute Gasteiger partial charge is 0.307 e. The molecule has 0 atom stereocenters. The average molecular weight is 378 g/mol. The molecule has 1 heterocycles. The molecule has 0 saturated heterocycles. The van der Waals surface area contributed by atoms with Gasteiger partial charge in [-0.3, -0.25) is 9.79 Å². The molecule has 1 aromatic rings. The van der Waals surface area contributed by atoms with E-state index >= 15 is 0 Å². The summed E-state index contributed by atoms with van der Waals surface area (Å²) in [5.74, 6) is 0.0869. The summed E-state index contributed by atoms with van der Waals surface area (Å²) >= 11 is 1.80. The fraction of sp³-hybridized carbons (Fsp3) is 0.619. The number of esters is 1. The molecule has 1 aromatic carbocycles. The number of nitrogens with zero attached hydrogens (tertiary/aromatic N) is 1. The van der Waals surface area contributed by atoms with Gasteiger partial charge in [0.25, 0.3) is 0 Å². The number of phenolic OH excluding ortho intramolecular Hbond substituents is 1. The van der Waals surface area contributed by atoms with E-state index in [0.717, 1.165) is 35.4 Å². The van der Waals surface area contributed by atoms with Crippen molar-refractivity contribution < 1.29 is 14.6 Å². The Morgan fingerprint density at radius 3 is 2.77 bits per heavy atom. The van der Waals surface area contributed by atoms with Gasteiger partial charge in [0.1, 0.15) is 5.75 Å². The Labute approximate surface area is 161 Å². The molecule has 1 aliphatic rings. The van der Waals surface area contributed by atoms with Crippen LogP contribution in [0.15, 0.2) is 22.0 Å². The second-order valence-corrected chi connectivity index (χ2v) is 9.12. The minimum absolute atomic E-state index is 0.0181. The number of aliphatic imine (C=N–C) groups is 1. The van der Waals surface area contributed by atoms with E-state index in [1.807, 2.05) is 6.07 Å². The van der Waals surface area contributed by atoms with E-state index in [0.29, 0.717) is 18.9 Å². The Hall–Kier alpha value is -1.49. The molecule has 0 saturated carbocycles. The standard InChI is InChI=1S/C21H31NO3S/c1-5-7-8-9-15-12-17(23)20-16(22-11-10-19(24)25-6-2)14-21(3,4)26-18(20)13-15/h12-13,23H,5-11,14H2,1-4H3. The Kier molecular flexibility index (Phi) is 7.56. The molecule has 5 heteroatoms. The van der Waals surface area contributed by atoms with Crippen molar-refractivity contribution in [2.24, 2.45) is 4.99 Å². The summed E-state index contributed by atoms with van der Waals surface area (Å²) in [6, 6.07) is 4.09. The van der Waals surface area contributed by atoms with Crippen LogP contribution in [0.3, 0.4) is 0 Å². The predicted molar refractivity (Wildman–Crippen MR) is 109 cm³/mol. The molecule has 1 N–H and O–H groups in total. The minimum Gasteiger partial charge on any atom is -0.507 e. The normalized spacial score (nSPS) is 17.2. The third kappa shape index (κ3) is 5.76. The molecular weight excluding hydrogens is 346 g/mol. The Balaban J connectivity index is 2.23. The van der Waals surface area contributed by atoms with Crippen LogP contribution >= 0.6 is 11.8 Å². The summed E-state index contributed by atoms with van der Waals surface area (Å²) in [6.07, 6.45) is 5.58. The number of aromatic hydroxyl groups is 1. The van der Waals surface area contributed by atoms with E-state index in [1.165, 1.54) is 18.4 Å². The highest BCUT2D eigenvalue weighted by atomic mass is 32.2. The van der Waals surface area contributed by atoms with Crippen LogP contribution in [-0.2, 0) is 16.0 Å². The SMILES string of the molecule is CCCCCc1cc(O)c2c(c1)SC(C)(C)CC2=NCCC(=O)OCC. The minimum atomic E-state index is -0.225. The molecule has 0 aromatic heterocycles. The van der Waals surface area contributed by atoms with Crippen molar-refractivity contribution in [3.05, 3.63) is 23.3 Å². The Morgan fingerprint density at radius 1 is 1.31 bits per heavy atom.